The Morgan fingerprint density at radius 3 is 2.37 bits per heavy atom. The Bertz CT molecular complexity index is 1010. The first-order valence-electron chi connectivity index (χ1n) is 7.80. The zero-order valence-electron chi connectivity index (χ0n) is 14.1. The maximum absolute atomic E-state index is 12.7. The van der Waals surface area contributed by atoms with Crippen molar-refractivity contribution in [3.8, 4) is 0 Å². The number of aryl methyl sites for hydroxylation is 1. The summed E-state index contributed by atoms with van der Waals surface area (Å²) in [5.74, 6) is -0.431. The van der Waals surface area contributed by atoms with Crippen molar-refractivity contribution in [2.45, 2.75) is 13.5 Å². The fourth-order valence-corrected chi connectivity index (χ4v) is 3.56. The molecule has 0 saturated carbocycles. The van der Waals surface area contributed by atoms with Crippen LogP contribution < -0.4 is 11.1 Å². The molecule has 2 aromatic carbocycles. The fraction of sp³-hybridized carbons (Fsp3) is 0.111. The zero-order chi connectivity index (χ0) is 19.7. The van der Waals surface area contributed by atoms with E-state index in [4.69, 9.17) is 52.1 Å². The summed E-state index contributed by atoms with van der Waals surface area (Å²) in [6.45, 7) is 2.04. The third-order valence-corrected chi connectivity index (χ3v) is 5.29. The van der Waals surface area contributed by atoms with Crippen LogP contribution in [0.1, 0.15) is 21.6 Å². The summed E-state index contributed by atoms with van der Waals surface area (Å²) in [7, 11) is 0. The van der Waals surface area contributed by atoms with E-state index in [1.165, 1.54) is 16.8 Å². The minimum atomic E-state index is -0.431. The molecule has 3 rings (SSSR count). The Kier molecular flexibility index (Phi) is 5.86. The van der Waals surface area contributed by atoms with Gasteiger partial charge in [0.25, 0.3) is 5.91 Å². The number of nitrogens with one attached hydrogen (secondary N) is 1. The lowest BCUT2D eigenvalue weighted by Gasteiger charge is -2.09. The summed E-state index contributed by atoms with van der Waals surface area (Å²) < 4.78 is 1.52. The predicted molar refractivity (Wildman–Crippen MR) is 111 cm³/mol. The number of rotatable bonds is 4. The molecular weight excluding hydrogens is 430 g/mol. The van der Waals surface area contributed by atoms with Gasteiger partial charge in [0.05, 0.1) is 33.5 Å². The lowest BCUT2D eigenvalue weighted by atomic mass is 10.2. The number of anilines is 2. The number of benzene rings is 2. The van der Waals surface area contributed by atoms with Gasteiger partial charge in [0, 0.05) is 10.7 Å². The lowest BCUT2D eigenvalue weighted by molar-refractivity contribution is 0.102. The van der Waals surface area contributed by atoms with Crippen LogP contribution in [-0.2, 0) is 6.54 Å². The monoisotopic (exact) mass is 442 g/mol. The van der Waals surface area contributed by atoms with Gasteiger partial charge in [0.1, 0.15) is 5.15 Å². The van der Waals surface area contributed by atoms with Crippen molar-refractivity contribution in [1.82, 2.24) is 9.78 Å². The van der Waals surface area contributed by atoms with Crippen LogP contribution in [0.15, 0.2) is 36.4 Å². The van der Waals surface area contributed by atoms with Crippen molar-refractivity contribution in [3.63, 3.8) is 0 Å². The molecule has 3 N–H and O–H groups in total. The summed E-state index contributed by atoms with van der Waals surface area (Å²) in [6, 6.07) is 10.4. The molecule has 0 aliphatic rings. The standard InChI is InChI=1S/C18H14Cl4N4O/c1-9-15(18(27)24-11-6-13(20)16(23)14(21)7-11)17(22)26(25-9)8-10-4-2-3-5-12(10)19/h2-7H,8,23H2,1H3,(H,24,27). The number of nitrogen functional groups attached to an aromatic ring is 1. The number of halogens is 4. The van der Waals surface area contributed by atoms with Gasteiger partial charge in [-0.3, -0.25) is 4.79 Å². The van der Waals surface area contributed by atoms with Crippen molar-refractivity contribution in [3.05, 3.63) is 73.4 Å². The number of hydrogen-bond acceptors (Lipinski definition) is 3. The highest BCUT2D eigenvalue weighted by molar-refractivity contribution is 6.39. The molecule has 0 atom stereocenters. The first-order chi connectivity index (χ1) is 12.8. The second-order valence-corrected chi connectivity index (χ2v) is 7.39. The number of nitrogens with zero attached hydrogens (tertiary/aromatic N) is 2. The fourth-order valence-electron chi connectivity index (χ4n) is 2.55. The summed E-state index contributed by atoms with van der Waals surface area (Å²) in [6.07, 6.45) is 0. The molecule has 0 fully saturated rings. The van der Waals surface area contributed by atoms with Crippen LogP contribution in [0.3, 0.4) is 0 Å². The van der Waals surface area contributed by atoms with Crippen molar-refractivity contribution in [2.75, 3.05) is 11.1 Å². The molecule has 1 heterocycles. The molecule has 0 spiro atoms. The van der Waals surface area contributed by atoms with E-state index in [1.807, 2.05) is 18.2 Å². The largest absolute Gasteiger partial charge is 0.396 e. The van der Waals surface area contributed by atoms with Gasteiger partial charge in [-0.25, -0.2) is 4.68 Å². The average Bonchev–Trinajstić information content (AvgIpc) is 2.88. The summed E-state index contributed by atoms with van der Waals surface area (Å²) >= 11 is 24.6. The number of amides is 1. The van der Waals surface area contributed by atoms with E-state index >= 15 is 0 Å². The number of carbonyl (C=O) groups excluding carboxylic acids is 1. The van der Waals surface area contributed by atoms with Gasteiger partial charge >= 0.3 is 0 Å². The molecule has 5 nitrogen and oxygen atoms in total. The van der Waals surface area contributed by atoms with Gasteiger partial charge in [-0.05, 0) is 30.7 Å². The Morgan fingerprint density at radius 1 is 1.11 bits per heavy atom. The van der Waals surface area contributed by atoms with E-state index in [0.717, 1.165) is 5.56 Å². The normalized spacial score (nSPS) is 10.9. The van der Waals surface area contributed by atoms with Crippen LogP contribution in [0.25, 0.3) is 0 Å². The molecular formula is C18H14Cl4N4O. The molecule has 140 valence electrons. The lowest BCUT2D eigenvalue weighted by Crippen LogP contribution is -2.13. The molecule has 0 bridgehead atoms. The molecule has 3 aromatic rings. The van der Waals surface area contributed by atoms with Crippen molar-refractivity contribution < 1.29 is 4.79 Å². The van der Waals surface area contributed by atoms with Crippen LogP contribution in [0.4, 0.5) is 11.4 Å². The Hall–Kier alpha value is -1.92. The Morgan fingerprint density at radius 2 is 1.74 bits per heavy atom. The average molecular weight is 444 g/mol. The van der Waals surface area contributed by atoms with Crippen molar-refractivity contribution in [1.29, 1.82) is 0 Å². The van der Waals surface area contributed by atoms with Gasteiger partial charge in [-0.1, -0.05) is 64.6 Å². The summed E-state index contributed by atoms with van der Waals surface area (Å²) in [5, 5.41) is 8.35. The van der Waals surface area contributed by atoms with Crippen molar-refractivity contribution in [2.24, 2.45) is 0 Å². The predicted octanol–water partition coefficient (Wildman–Crippen LogP) is 5.69. The van der Waals surface area contributed by atoms with Gasteiger partial charge in [0.15, 0.2) is 0 Å². The van der Waals surface area contributed by atoms with Crippen LogP contribution in [0, 0.1) is 6.92 Å². The third-order valence-electron chi connectivity index (χ3n) is 3.91. The van der Waals surface area contributed by atoms with E-state index in [9.17, 15) is 4.79 Å². The number of hydrogen-bond donors (Lipinski definition) is 2. The van der Waals surface area contributed by atoms with Crippen molar-refractivity contribution >= 4 is 63.7 Å². The zero-order valence-corrected chi connectivity index (χ0v) is 17.1. The maximum atomic E-state index is 12.7. The van der Waals surface area contributed by atoms with Gasteiger partial charge in [-0.15, -0.1) is 0 Å². The minimum Gasteiger partial charge on any atom is -0.396 e. The van der Waals surface area contributed by atoms with Gasteiger partial charge < -0.3 is 11.1 Å². The van der Waals surface area contributed by atoms with E-state index in [1.54, 1.807) is 13.0 Å². The second kappa shape index (κ2) is 7.98. The molecule has 9 heteroatoms. The Balaban J connectivity index is 1.88. The molecule has 27 heavy (non-hydrogen) atoms. The van der Waals surface area contributed by atoms with Gasteiger partial charge in [0.2, 0.25) is 0 Å². The molecule has 0 aliphatic heterocycles. The molecule has 0 radical (unpaired) electrons. The van der Waals surface area contributed by atoms with E-state index in [0.29, 0.717) is 22.9 Å². The summed E-state index contributed by atoms with van der Waals surface area (Å²) in [4.78, 5) is 12.7. The first kappa shape index (κ1) is 19.8. The summed E-state index contributed by atoms with van der Waals surface area (Å²) in [5.41, 5.74) is 7.94. The molecule has 1 aromatic heterocycles. The molecule has 0 aliphatic carbocycles. The molecule has 0 saturated heterocycles. The van der Waals surface area contributed by atoms with E-state index in [2.05, 4.69) is 10.4 Å². The number of nitrogens with two attached hydrogens (primary N) is 1. The number of aromatic nitrogens is 2. The van der Waals surface area contributed by atoms with Gasteiger partial charge in [-0.2, -0.15) is 5.10 Å². The topological polar surface area (TPSA) is 72.9 Å². The van der Waals surface area contributed by atoms with E-state index in [-0.39, 0.29) is 26.4 Å². The maximum Gasteiger partial charge on any atom is 0.260 e. The molecule has 0 unspecified atom stereocenters. The highest BCUT2D eigenvalue weighted by Gasteiger charge is 2.21. The van der Waals surface area contributed by atoms with Crippen LogP contribution in [0.5, 0.6) is 0 Å². The molecule has 1 amide bonds. The third kappa shape index (κ3) is 4.17. The van der Waals surface area contributed by atoms with Crippen LogP contribution in [-0.4, -0.2) is 15.7 Å². The number of carbonyl (C=O) groups is 1. The minimum absolute atomic E-state index is 0.206. The Labute approximate surface area is 176 Å². The first-order valence-corrected chi connectivity index (χ1v) is 9.31. The SMILES string of the molecule is Cc1nn(Cc2ccccc2Cl)c(Cl)c1C(=O)Nc1cc(Cl)c(N)c(Cl)c1. The quantitative estimate of drug-likeness (QED) is 0.508. The van der Waals surface area contributed by atoms with Crippen LogP contribution in [0.2, 0.25) is 20.2 Å². The smallest absolute Gasteiger partial charge is 0.260 e. The van der Waals surface area contributed by atoms with Crippen LogP contribution >= 0.6 is 46.4 Å². The van der Waals surface area contributed by atoms with E-state index < -0.39 is 5.91 Å². The second-order valence-electron chi connectivity index (χ2n) is 5.81. The highest BCUT2D eigenvalue weighted by atomic mass is 35.5. The highest BCUT2D eigenvalue weighted by Crippen LogP contribution is 2.32.